The quantitative estimate of drug-likeness (QED) is 0.290. The van der Waals surface area contributed by atoms with E-state index in [4.69, 9.17) is 0 Å². The number of halogens is 6. The monoisotopic (exact) mass is 669 g/mol. The molecule has 3 N–H and O–H groups in total. The summed E-state index contributed by atoms with van der Waals surface area (Å²) in [6.45, 7) is 0.486. The van der Waals surface area contributed by atoms with Crippen molar-refractivity contribution in [2.24, 2.45) is 16.8 Å². The van der Waals surface area contributed by atoms with Crippen LogP contribution in [0.15, 0.2) is 59.6 Å². The van der Waals surface area contributed by atoms with Gasteiger partial charge in [-0.3, -0.25) is 19.3 Å². The topological polar surface area (TPSA) is 114 Å². The molecule has 256 valence electrons. The lowest BCUT2D eigenvalue weighted by Crippen LogP contribution is -2.51. The number of benzene rings is 2. The predicted octanol–water partition coefficient (Wildman–Crippen LogP) is 4.39. The van der Waals surface area contributed by atoms with Crippen molar-refractivity contribution in [3.63, 3.8) is 0 Å². The fraction of sp³-hybridized carbons (Fsp3) is 0.500. The van der Waals surface area contributed by atoms with Crippen molar-refractivity contribution in [3.8, 4) is 0 Å². The normalized spacial score (nSPS) is 20.2. The first kappa shape index (κ1) is 35.9. The number of aliphatic hydroxyl groups is 1. The van der Waals surface area contributed by atoms with Crippen LogP contribution < -0.4 is 15.5 Å². The van der Waals surface area contributed by atoms with Crippen molar-refractivity contribution >= 4 is 29.1 Å². The lowest BCUT2D eigenvalue weighted by Gasteiger charge is -2.29. The van der Waals surface area contributed by atoms with E-state index in [-0.39, 0.29) is 13.2 Å². The molecule has 4 atom stereocenters. The zero-order valence-corrected chi connectivity index (χ0v) is 25.7. The Morgan fingerprint density at radius 1 is 0.936 bits per heavy atom. The number of amides is 3. The van der Waals surface area contributed by atoms with Crippen LogP contribution in [0.4, 0.5) is 32.0 Å². The van der Waals surface area contributed by atoms with E-state index in [0.29, 0.717) is 35.5 Å². The fourth-order valence-corrected chi connectivity index (χ4v) is 5.83. The Hall–Kier alpha value is -3.98. The Balaban J connectivity index is 1.66. The maximum Gasteiger partial charge on any atom is 0.389 e. The van der Waals surface area contributed by atoms with Gasteiger partial charge in [0.05, 0.1) is 24.2 Å². The highest BCUT2D eigenvalue weighted by Gasteiger charge is 2.40. The zero-order valence-electron chi connectivity index (χ0n) is 25.7. The number of alkyl halides is 6. The minimum absolute atomic E-state index is 0.135. The van der Waals surface area contributed by atoms with Gasteiger partial charge in [0.1, 0.15) is 0 Å². The van der Waals surface area contributed by atoms with E-state index in [1.165, 1.54) is 11.9 Å². The van der Waals surface area contributed by atoms with Gasteiger partial charge in [-0.15, -0.1) is 0 Å². The van der Waals surface area contributed by atoms with E-state index in [1.54, 1.807) is 59.5 Å². The van der Waals surface area contributed by atoms with Crippen LogP contribution in [0.3, 0.4) is 0 Å². The number of rotatable bonds is 12. The minimum Gasteiger partial charge on any atom is -0.392 e. The van der Waals surface area contributed by atoms with E-state index in [1.807, 2.05) is 0 Å². The highest BCUT2D eigenvalue weighted by atomic mass is 19.4. The first-order chi connectivity index (χ1) is 22.1. The number of hydrogen-bond donors (Lipinski definition) is 3. The number of β-amino-alcohol motifs (C(OH)–C–C–N with tert-alkyl or cyclic N) is 1. The van der Waals surface area contributed by atoms with Gasteiger partial charge < -0.3 is 20.6 Å². The smallest absolute Gasteiger partial charge is 0.389 e. The lowest BCUT2D eigenvalue weighted by molar-refractivity contribution is -0.148. The lowest BCUT2D eigenvalue weighted by atomic mass is 9.83. The summed E-state index contributed by atoms with van der Waals surface area (Å²) in [5.74, 6) is -6.05. The summed E-state index contributed by atoms with van der Waals surface area (Å²) in [5, 5.41) is 14.7. The van der Waals surface area contributed by atoms with E-state index in [0.717, 1.165) is 0 Å². The third-order valence-corrected chi connectivity index (χ3v) is 8.27. The Kier molecular flexibility index (Phi) is 11.7. The summed E-state index contributed by atoms with van der Waals surface area (Å²) in [6, 6.07) is 15.6. The van der Waals surface area contributed by atoms with E-state index >= 15 is 0 Å². The molecule has 0 saturated carbocycles. The number of aliphatic imine (C=N–C) groups is 1. The van der Waals surface area contributed by atoms with Gasteiger partial charge in [-0.25, -0.2) is 4.99 Å². The number of likely N-dealkylation sites (tertiary alicyclic amines) is 1. The van der Waals surface area contributed by atoms with Gasteiger partial charge in [-0.05, 0) is 31.7 Å². The SMILES string of the molecule is CN1C(=O)[C@@H](NC(=O)[C@H](CCCC(F)(F)F)[C@H](CCC(F)(F)F)C(=O)NCN2CCC(O)C2)N=C(c2ccccc2)c2ccccc21. The van der Waals surface area contributed by atoms with Crippen molar-refractivity contribution in [1.82, 2.24) is 15.5 Å². The van der Waals surface area contributed by atoms with Crippen LogP contribution in [0.1, 0.15) is 49.7 Å². The largest absolute Gasteiger partial charge is 0.392 e. The Morgan fingerprint density at radius 3 is 2.21 bits per heavy atom. The number of hydrogen-bond acceptors (Lipinski definition) is 6. The number of benzodiazepines with no additional fused rings is 1. The molecule has 2 aromatic rings. The van der Waals surface area contributed by atoms with Gasteiger partial charge in [0.2, 0.25) is 18.0 Å². The Labute approximate surface area is 268 Å². The molecule has 2 aromatic carbocycles. The second kappa shape index (κ2) is 15.3. The standard InChI is InChI=1S/C32H37F6N5O4/c1-42-25-12-6-5-10-24(25)26(20-8-3-2-4-9-20)40-27(30(42)47)41-29(46)22(11-7-15-31(33,34)35)23(13-16-32(36,37)38)28(45)39-19-43-17-14-21(44)18-43/h2-6,8-10,12,21-23,27,44H,7,11,13-19H2,1H3,(H,39,45)(H,41,46)/t21?,22-,23+,27-/m1/s1. The van der Waals surface area contributed by atoms with Crippen molar-refractivity contribution in [2.45, 2.75) is 63.1 Å². The molecule has 4 rings (SSSR count). The highest BCUT2D eigenvalue weighted by Crippen LogP contribution is 2.33. The number of carbonyl (C=O) groups excluding carboxylic acids is 3. The molecule has 2 heterocycles. The van der Waals surface area contributed by atoms with Crippen LogP contribution in [-0.2, 0) is 14.4 Å². The summed E-state index contributed by atoms with van der Waals surface area (Å²) in [5.41, 5.74) is 1.95. The molecular weight excluding hydrogens is 632 g/mol. The summed E-state index contributed by atoms with van der Waals surface area (Å²) in [7, 11) is 1.46. The average molecular weight is 670 g/mol. The van der Waals surface area contributed by atoms with Crippen LogP contribution >= 0.6 is 0 Å². The summed E-state index contributed by atoms with van der Waals surface area (Å²) in [6.07, 6.45) is -16.0. The van der Waals surface area contributed by atoms with E-state index in [9.17, 15) is 45.8 Å². The van der Waals surface area contributed by atoms with Gasteiger partial charge in [0.15, 0.2) is 0 Å². The van der Waals surface area contributed by atoms with Gasteiger partial charge in [-0.2, -0.15) is 26.3 Å². The number of aliphatic hydroxyl groups excluding tert-OH is 1. The molecule has 2 aliphatic rings. The molecule has 9 nitrogen and oxygen atoms in total. The van der Waals surface area contributed by atoms with E-state index in [2.05, 4.69) is 15.6 Å². The number of nitrogens with one attached hydrogen (secondary N) is 2. The first-order valence-electron chi connectivity index (χ1n) is 15.2. The summed E-state index contributed by atoms with van der Waals surface area (Å²) >= 11 is 0. The van der Waals surface area contributed by atoms with Crippen molar-refractivity contribution in [2.75, 3.05) is 31.7 Å². The fourth-order valence-electron chi connectivity index (χ4n) is 5.83. The van der Waals surface area contributed by atoms with Gasteiger partial charge >= 0.3 is 12.4 Å². The second-order valence-electron chi connectivity index (χ2n) is 11.8. The van der Waals surface area contributed by atoms with Crippen molar-refractivity contribution in [3.05, 3.63) is 65.7 Å². The van der Waals surface area contributed by atoms with Gasteiger partial charge in [0.25, 0.3) is 5.91 Å². The van der Waals surface area contributed by atoms with Crippen LogP contribution in [-0.4, -0.2) is 84.9 Å². The zero-order chi connectivity index (χ0) is 34.4. The van der Waals surface area contributed by atoms with Crippen LogP contribution in [0, 0.1) is 11.8 Å². The number of likely N-dealkylation sites (N-methyl/N-ethyl adjacent to an activating group) is 1. The van der Waals surface area contributed by atoms with Crippen molar-refractivity contribution < 1.29 is 45.8 Å². The van der Waals surface area contributed by atoms with E-state index < -0.39 is 86.3 Å². The average Bonchev–Trinajstić information content (AvgIpc) is 3.40. The number of fused-ring (bicyclic) bond motifs is 1. The molecule has 15 heteroatoms. The maximum atomic E-state index is 13.9. The summed E-state index contributed by atoms with van der Waals surface area (Å²) < 4.78 is 79.5. The molecule has 0 bridgehead atoms. The molecule has 0 aliphatic carbocycles. The molecule has 0 spiro atoms. The molecule has 47 heavy (non-hydrogen) atoms. The molecule has 0 aromatic heterocycles. The second-order valence-corrected chi connectivity index (χ2v) is 11.8. The number of nitrogens with zero attached hydrogens (tertiary/aromatic N) is 3. The number of para-hydroxylation sites is 1. The molecule has 1 unspecified atom stereocenters. The third kappa shape index (κ3) is 10.0. The molecule has 0 radical (unpaired) electrons. The van der Waals surface area contributed by atoms with Gasteiger partial charge in [0, 0.05) is 55.9 Å². The predicted molar refractivity (Wildman–Crippen MR) is 161 cm³/mol. The van der Waals surface area contributed by atoms with Crippen molar-refractivity contribution in [1.29, 1.82) is 0 Å². The Morgan fingerprint density at radius 2 is 1.57 bits per heavy atom. The summed E-state index contributed by atoms with van der Waals surface area (Å²) in [4.78, 5) is 48.4. The number of anilines is 1. The third-order valence-electron chi connectivity index (χ3n) is 8.27. The van der Waals surface area contributed by atoms with Crippen LogP contribution in [0.5, 0.6) is 0 Å². The molecular formula is C32H37F6N5O4. The molecule has 1 fully saturated rings. The first-order valence-corrected chi connectivity index (χ1v) is 15.2. The van der Waals surface area contributed by atoms with Crippen LogP contribution in [0.2, 0.25) is 0 Å². The number of carbonyl (C=O) groups is 3. The van der Waals surface area contributed by atoms with Gasteiger partial charge in [-0.1, -0.05) is 48.5 Å². The molecule has 3 amide bonds. The van der Waals surface area contributed by atoms with Crippen LogP contribution in [0.25, 0.3) is 0 Å². The Bertz CT molecular complexity index is 1440. The molecule has 2 aliphatic heterocycles. The highest BCUT2D eigenvalue weighted by molar-refractivity contribution is 6.20. The maximum absolute atomic E-state index is 13.9. The molecule has 1 saturated heterocycles. The minimum atomic E-state index is -4.72.